The molecule has 1 aromatic heterocycles. The maximum absolute atomic E-state index is 13.4. The molecule has 1 aliphatic heterocycles. The Hall–Kier alpha value is -3.09. The molecule has 0 unspecified atom stereocenters. The maximum atomic E-state index is 13.4. The van der Waals surface area contributed by atoms with Gasteiger partial charge in [-0.2, -0.15) is 5.01 Å². The van der Waals surface area contributed by atoms with Crippen LogP contribution in [-0.2, 0) is 6.54 Å². The molecule has 1 aliphatic rings. The highest BCUT2D eigenvalue weighted by molar-refractivity contribution is 9.10. The average Bonchev–Trinajstić information content (AvgIpc) is 3.14. The lowest BCUT2D eigenvalue weighted by Crippen LogP contribution is -2.46. The van der Waals surface area contributed by atoms with Gasteiger partial charge in [0.05, 0.1) is 12.1 Å². The number of fused-ring (bicyclic) bond motifs is 2. The molecule has 0 bridgehead atoms. The quantitative estimate of drug-likeness (QED) is 0.398. The van der Waals surface area contributed by atoms with E-state index in [0.717, 1.165) is 48.9 Å². The number of benzene rings is 3. The van der Waals surface area contributed by atoms with Crippen molar-refractivity contribution in [3.05, 3.63) is 87.5 Å². The summed E-state index contributed by atoms with van der Waals surface area (Å²) in [6.45, 7) is 4.99. The van der Waals surface area contributed by atoms with E-state index in [9.17, 15) is 4.79 Å². The second-order valence-electron chi connectivity index (χ2n) is 7.93. The highest BCUT2D eigenvalue weighted by Crippen LogP contribution is 2.36. The lowest BCUT2D eigenvalue weighted by Gasteiger charge is -2.29. The summed E-state index contributed by atoms with van der Waals surface area (Å²) in [5.74, 6) is 0.672. The summed E-state index contributed by atoms with van der Waals surface area (Å²) in [4.78, 5) is 16.7. The number of hydrogen-bond acceptors (Lipinski definition) is 3. The van der Waals surface area contributed by atoms with Gasteiger partial charge < -0.3 is 9.72 Å². The van der Waals surface area contributed by atoms with Gasteiger partial charge in [-0.1, -0.05) is 48.0 Å². The van der Waals surface area contributed by atoms with Crippen LogP contribution in [0.4, 0.5) is 0 Å². The molecule has 1 amide bonds. The molecule has 3 aromatic carbocycles. The summed E-state index contributed by atoms with van der Waals surface area (Å²) >= 11 is 3.65. The van der Waals surface area contributed by atoms with Crippen molar-refractivity contribution in [1.29, 1.82) is 0 Å². The highest BCUT2D eigenvalue weighted by Gasteiger charge is 2.24. The fourth-order valence-corrected chi connectivity index (χ4v) is 4.78. The molecule has 0 fully saturated rings. The van der Waals surface area contributed by atoms with Gasteiger partial charge in [0.2, 0.25) is 0 Å². The Morgan fingerprint density at radius 1 is 1.06 bits per heavy atom. The third kappa shape index (κ3) is 3.73. The first kappa shape index (κ1) is 19.8. The van der Waals surface area contributed by atoms with Gasteiger partial charge in [-0.25, -0.2) is 0 Å². The minimum Gasteiger partial charge on any atom is -0.476 e. The van der Waals surface area contributed by atoms with E-state index in [0.29, 0.717) is 19.0 Å². The zero-order valence-corrected chi connectivity index (χ0v) is 18.9. The minimum absolute atomic E-state index is 0.195. The fraction of sp³-hybridized carbons (Fsp3) is 0.160. The number of hydrazine groups is 1. The van der Waals surface area contributed by atoms with E-state index >= 15 is 0 Å². The lowest BCUT2D eigenvalue weighted by molar-refractivity contribution is 0.0389. The first-order valence-corrected chi connectivity index (χ1v) is 10.9. The van der Waals surface area contributed by atoms with Crippen molar-refractivity contribution in [3.63, 3.8) is 0 Å². The van der Waals surface area contributed by atoms with E-state index in [2.05, 4.69) is 45.4 Å². The van der Waals surface area contributed by atoms with E-state index in [-0.39, 0.29) is 5.91 Å². The Bertz CT molecular complexity index is 1300. The molecule has 31 heavy (non-hydrogen) atoms. The van der Waals surface area contributed by atoms with Crippen molar-refractivity contribution in [3.8, 4) is 16.9 Å². The molecule has 0 spiro atoms. The van der Waals surface area contributed by atoms with Gasteiger partial charge >= 0.3 is 0 Å². The number of nitrogens with zero attached hydrogens (tertiary/aromatic N) is 1. The number of amides is 1. The molecule has 4 aromatic rings. The number of aromatic nitrogens is 1. The molecule has 0 saturated heterocycles. The van der Waals surface area contributed by atoms with Gasteiger partial charge in [0.1, 0.15) is 11.4 Å². The molecule has 5 rings (SSSR count). The zero-order chi connectivity index (χ0) is 21.5. The summed E-state index contributed by atoms with van der Waals surface area (Å²) in [6.07, 6.45) is 0. The first-order chi connectivity index (χ1) is 15.0. The monoisotopic (exact) mass is 475 g/mol. The van der Waals surface area contributed by atoms with Gasteiger partial charge in [-0.05, 0) is 59.1 Å². The van der Waals surface area contributed by atoms with Gasteiger partial charge in [0.15, 0.2) is 6.73 Å². The van der Waals surface area contributed by atoms with Gasteiger partial charge in [-0.3, -0.25) is 10.2 Å². The second-order valence-corrected chi connectivity index (χ2v) is 8.79. The van der Waals surface area contributed by atoms with Gasteiger partial charge in [-0.15, -0.1) is 0 Å². The van der Waals surface area contributed by atoms with Crippen LogP contribution in [0.15, 0.2) is 65.1 Å². The van der Waals surface area contributed by atoms with Gasteiger partial charge in [0, 0.05) is 21.0 Å². The molecule has 6 heteroatoms. The summed E-state index contributed by atoms with van der Waals surface area (Å²) < 4.78 is 6.76. The molecule has 5 nitrogen and oxygen atoms in total. The van der Waals surface area contributed by atoms with Crippen LogP contribution < -0.4 is 10.2 Å². The molecule has 2 heterocycles. The lowest BCUT2D eigenvalue weighted by atomic mass is 10.0. The number of rotatable bonds is 3. The number of aryl methyl sites for hydroxylation is 2. The largest absolute Gasteiger partial charge is 0.476 e. The maximum Gasteiger partial charge on any atom is 0.282 e. The third-order valence-electron chi connectivity index (χ3n) is 5.51. The second kappa shape index (κ2) is 7.87. The van der Waals surface area contributed by atoms with Crippen molar-refractivity contribution in [2.24, 2.45) is 0 Å². The highest BCUT2D eigenvalue weighted by atomic mass is 79.9. The Morgan fingerprint density at radius 2 is 1.87 bits per heavy atom. The predicted octanol–water partition coefficient (Wildman–Crippen LogP) is 5.71. The molecular weight excluding hydrogens is 454 g/mol. The standard InChI is InChI=1S/C25H22BrN3O2/c1-15-8-9-21-18(10-15)13-29(14-31-21)28-25(30)24-22(17-6-4-3-5-7-17)19-11-16(2)12-20(26)23(19)27-24/h3-12,27H,13-14H2,1-2H3,(H,28,30). The van der Waals surface area contributed by atoms with Crippen molar-refractivity contribution in [1.82, 2.24) is 15.4 Å². The van der Waals surface area contributed by atoms with Crippen LogP contribution in [0.5, 0.6) is 5.75 Å². The Labute approximate surface area is 189 Å². The van der Waals surface area contributed by atoms with Crippen molar-refractivity contribution in [2.75, 3.05) is 6.73 Å². The number of aromatic amines is 1. The van der Waals surface area contributed by atoms with E-state index in [4.69, 9.17) is 4.74 Å². The normalized spacial score (nSPS) is 13.6. The Balaban J connectivity index is 1.52. The smallest absolute Gasteiger partial charge is 0.282 e. The summed E-state index contributed by atoms with van der Waals surface area (Å²) in [5, 5.41) is 2.81. The number of carbonyl (C=O) groups is 1. The molecule has 2 N–H and O–H groups in total. The van der Waals surface area contributed by atoms with E-state index in [1.807, 2.05) is 55.5 Å². The van der Waals surface area contributed by atoms with Crippen molar-refractivity contribution in [2.45, 2.75) is 20.4 Å². The van der Waals surface area contributed by atoms with E-state index in [1.54, 1.807) is 5.01 Å². The minimum atomic E-state index is -0.195. The van der Waals surface area contributed by atoms with Gasteiger partial charge in [0.25, 0.3) is 5.91 Å². The molecule has 156 valence electrons. The zero-order valence-electron chi connectivity index (χ0n) is 17.3. The predicted molar refractivity (Wildman–Crippen MR) is 126 cm³/mol. The van der Waals surface area contributed by atoms with Crippen LogP contribution in [0.2, 0.25) is 0 Å². The van der Waals surface area contributed by atoms with E-state index < -0.39 is 0 Å². The third-order valence-corrected chi connectivity index (χ3v) is 6.13. The summed E-state index contributed by atoms with van der Waals surface area (Å²) in [7, 11) is 0. The number of hydrogen-bond donors (Lipinski definition) is 2. The number of carbonyl (C=O) groups excluding carboxylic acids is 1. The molecule has 0 radical (unpaired) electrons. The van der Waals surface area contributed by atoms with Crippen LogP contribution in [0.1, 0.15) is 27.2 Å². The van der Waals surface area contributed by atoms with Crippen molar-refractivity contribution >= 4 is 32.7 Å². The first-order valence-electron chi connectivity index (χ1n) is 10.1. The number of H-pyrrole nitrogens is 1. The molecular formula is C25H22BrN3O2. The van der Waals surface area contributed by atoms with Crippen LogP contribution >= 0.6 is 15.9 Å². The topological polar surface area (TPSA) is 57.4 Å². The fourth-order valence-electron chi connectivity index (χ4n) is 4.11. The molecule has 0 aliphatic carbocycles. The number of ether oxygens (including phenoxy) is 1. The SMILES string of the molecule is Cc1ccc2c(c1)CN(NC(=O)c1[nH]c3c(Br)cc(C)cc3c1-c1ccccc1)CO2. The summed E-state index contributed by atoms with van der Waals surface area (Å²) in [6, 6.07) is 20.3. The van der Waals surface area contributed by atoms with E-state index in [1.165, 1.54) is 0 Å². The number of halogens is 1. The van der Waals surface area contributed by atoms with Crippen LogP contribution in [0.25, 0.3) is 22.0 Å². The van der Waals surface area contributed by atoms with Crippen LogP contribution in [-0.4, -0.2) is 22.6 Å². The summed E-state index contributed by atoms with van der Waals surface area (Å²) in [5.41, 5.74) is 9.70. The number of nitrogens with one attached hydrogen (secondary N) is 2. The average molecular weight is 476 g/mol. The van der Waals surface area contributed by atoms with Crippen LogP contribution in [0, 0.1) is 13.8 Å². The molecule has 0 saturated carbocycles. The Kier molecular flexibility index (Phi) is 5.04. The Morgan fingerprint density at radius 3 is 2.68 bits per heavy atom. The van der Waals surface area contributed by atoms with Crippen LogP contribution in [0.3, 0.4) is 0 Å². The van der Waals surface area contributed by atoms with Crippen molar-refractivity contribution < 1.29 is 9.53 Å². The molecule has 0 atom stereocenters.